The third-order valence-electron chi connectivity index (χ3n) is 2.60. The van der Waals surface area contributed by atoms with Crippen LogP contribution < -0.4 is 4.72 Å². The molecule has 106 valence electrons. The lowest BCUT2D eigenvalue weighted by atomic mass is 10.2. The van der Waals surface area contributed by atoms with Crippen LogP contribution in [0.1, 0.15) is 5.56 Å². The van der Waals surface area contributed by atoms with Crippen molar-refractivity contribution in [2.75, 3.05) is 4.72 Å². The van der Waals surface area contributed by atoms with Crippen molar-refractivity contribution in [1.82, 2.24) is 0 Å². The molecule has 0 fully saturated rings. The molecule has 2 rings (SSSR count). The second-order valence-corrected chi connectivity index (χ2v) is 6.91. The topological polar surface area (TPSA) is 66.4 Å². The number of anilines is 1. The van der Waals surface area contributed by atoms with Crippen LogP contribution in [0.15, 0.2) is 51.8 Å². The van der Waals surface area contributed by atoms with Crippen molar-refractivity contribution < 1.29 is 13.5 Å². The van der Waals surface area contributed by atoms with E-state index < -0.39 is 10.0 Å². The van der Waals surface area contributed by atoms with Gasteiger partial charge in [-0.3, -0.25) is 4.72 Å². The molecule has 0 aliphatic rings. The standard InChI is InChI=1S/C13H11BrClNO3S/c14-11-7-10(5-6-12(11)15)16-20(18,19)13-4-2-1-3-9(13)8-17/h1-7,16-17H,8H2. The first-order valence-electron chi connectivity index (χ1n) is 5.60. The van der Waals surface area contributed by atoms with Crippen LogP contribution in [0.4, 0.5) is 5.69 Å². The van der Waals surface area contributed by atoms with Crippen LogP contribution in [0.2, 0.25) is 5.02 Å². The summed E-state index contributed by atoms with van der Waals surface area (Å²) in [5.41, 5.74) is 0.724. The molecule has 0 atom stereocenters. The minimum Gasteiger partial charge on any atom is -0.392 e. The molecule has 0 heterocycles. The lowest BCUT2D eigenvalue weighted by molar-refractivity contribution is 0.278. The molecule has 0 amide bonds. The number of benzene rings is 2. The molecule has 0 unspecified atom stereocenters. The predicted octanol–water partition coefficient (Wildman–Crippen LogP) is 3.40. The van der Waals surface area contributed by atoms with Crippen molar-refractivity contribution >= 4 is 43.2 Å². The maximum Gasteiger partial charge on any atom is 0.262 e. The van der Waals surface area contributed by atoms with Gasteiger partial charge in [0.15, 0.2) is 0 Å². The molecular formula is C13H11BrClNO3S. The van der Waals surface area contributed by atoms with Crippen molar-refractivity contribution in [3.05, 3.63) is 57.5 Å². The summed E-state index contributed by atoms with van der Waals surface area (Å²) in [4.78, 5) is 0.0496. The van der Waals surface area contributed by atoms with Crippen LogP contribution >= 0.6 is 27.5 Å². The fourth-order valence-electron chi connectivity index (χ4n) is 1.67. The molecule has 7 heteroatoms. The molecule has 4 nitrogen and oxygen atoms in total. The summed E-state index contributed by atoms with van der Waals surface area (Å²) in [6, 6.07) is 11.0. The van der Waals surface area contributed by atoms with E-state index in [0.717, 1.165) is 0 Å². The second kappa shape index (κ2) is 6.13. The smallest absolute Gasteiger partial charge is 0.262 e. The zero-order valence-electron chi connectivity index (χ0n) is 10.2. The van der Waals surface area contributed by atoms with E-state index in [1.165, 1.54) is 6.07 Å². The van der Waals surface area contributed by atoms with Crippen molar-refractivity contribution in [2.24, 2.45) is 0 Å². The number of hydrogen-bond acceptors (Lipinski definition) is 3. The van der Waals surface area contributed by atoms with Crippen LogP contribution in [0.5, 0.6) is 0 Å². The Hall–Kier alpha value is -1.08. The van der Waals surface area contributed by atoms with Gasteiger partial charge in [-0.25, -0.2) is 8.42 Å². The summed E-state index contributed by atoms with van der Waals surface area (Å²) in [6.45, 7) is -0.346. The van der Waals surface area contributed by atoms with Crippen molar-refractivity contribution in [1.29, 1.82) is 0 Å². The van der Waals surface area contributed by atoms with Crippen LogP contribution in [-0.4, -0.2) is 13.5 Å². The number of rotatable bonds is 4. The van der Waals surface area contributed by atoms with Crippen LogP contribution in [0.25, 0.3) is 0 Å². The number of sulfonamides is 1. The molecule has 0 saturated carbocycles. The number of aliphatic hydroxyl groups excluding tert-OH is 1. The van der Waals surface area contributed by atoms with Gasteiger partial charge in [0.25, 0.3) is 10.0 Å². The Bertz CT molecular complexity index is 734. The van der Waals surface area contributed by atoms with Gasteiger partial charge in [-0.15, -0.1) is 0 Å². The van der Waals surface area contributed by atoms with Gasteiger partial charge in [0.1, 0.15) is 0 Å². The first-order valence-corrected chi connectivity index (χ1v) is 8.26. The van der Waals surface area contributed by atoms with Gasteiger partial charge in [0.05, 0.1) is 22.2 Å². The number of nitrogens with one attached hydrogen (secondary N) is 1. The van der Waals surface area contributed by atoms with E-state index in [0.29, 0.717) is 20.7 Å². The SMILES string of the molecule is O=S(=O)(Nc1ccc(Cl)c(Br)c1)c1ccccc1CO. The van der Waals surface area contributed by atoms with E-state index in [1.807, 2.05) is 0 Å². The van der Waals surface area contributed by atoms with Gasteiger partial charge < -0.3 is 5.11 Å². The monoisotopic (exact) mass is 375 g/mol. The van der Waals surface area contributed by atoms with Crippen molar-refractivity contribution in [3.63, 3.8) is 0 Å². The third-order valence-corrected chi connectivity index (χ3v) is 5.30. The summed E-state index contributed by atoms with van der Waals surface area (Å²) >= 11 is 9.09. The van der Waals surface area contributed by atoms with Gasteiger partial charge in [-0.05, 0) is 45.8 Å². The predicted molar refractivity (Wildman–Crippen MR) is 82.3 cm³/mol. The molecule has 0 aliphatic heterocycles. The maximum absolute atomic E-state index is 12.3. The zero-order valence-corrected chi connectivity index (χ0v) is 13.3. The largest absolute Gasteiger partial charge is 0.392 e. The minimum atomic E-state index is -3.76. The quantitative estimate of drug-likeness (QED) is 0.859. The Morgan fingerprint density at radius 3 is 2.55 bits per heavy atom. The highest BCUT2D eigenvalue weighted by Crippen LogP contribution is 2.27. The van der Waals surface area contributed by atoms with Crippen molar-refractivity contribution in [3.8, 4) is 0 Å². The average Bonchev–Trinajstić information content (AvgIpc) is 2.42. The van der Waals surface area contributed by atoms with Crippen LogP contribution in [0, 0.1) is 0 Å². The number of hydrogen-bond donors (Lipinski definition) is 2. The Labute approximate surface area is 130 Å². The third kappa shape index (κ3) is 3.32. The molecule has 20 heavy (non-hydrogen) atoms. The fourth-order valence-corrected chi connectivity index (χ4v) is 3.45. The number of halogens is 2. The first-order chi connectivity index (χ1) is 9.44. The molecule has 0 saturated heterocycles. The minimum absolute atomic E-state index is 0.0496. The highest BCUT2D eigenvalue weighted by molar-refractivity contribution is 9.10. The van der Waals surface area contributed by atoms with Crippen LogP contribution in [-0.2, 0) is 16.6 Å². The summed E-state index contributed by atoms with van der Waals surface area (Å²) in [6.07, 6.45) is 0. The summed E-state index contributed by atoms with van der Waals surface area (Å²) < 4.78 is 27.7. The highest BCUT2D eigenvalue weighted by atomic mass is 79.9. The molecule has 2 aromatic carbocycles. The highest BCUT2D eigenvalue weighted by Gasteiger charge is 2.18. The second-order valence-electron chi connectivity index (χ2n) is 4.00. The Balaban J connectivity index is 2.38. The van der Waals surface area contributed by atoms with E-state index in [4.69, 9.17) is 11.6 Å². The van der Waals surface area contributed by atoms with E-state index >= 15 is 0 Å². The summed E-state index contributed by atoms with van der Waals surface area (Å²) in [5.74, 6) is 0. The van der Waals surface area contributed by atoms with E-state index in [1.54, 1.807) is 36.4 Å². The van der Waals surface area contributed by atoms with Gasteiger partial charge >= 0.3 is 0 Å². The van der Waals surface area contributed by atoms with E-state index in [2.05, 4.69) is 20.7 Å². The van der Waals surface area contributed by atoms with Crippen LogP contribution in [0.3, 0.4) is 0 Å². The molecule has 2 N–H and O–H groups in total. The summed E-state index contributed by atoms with van der Waals surface area (Å²) in [7, 11) is -3.76. The van der Waals surface area contributed by atoms with Crippen molar-refractivity contribution in [2.45, 2.75) is 11.5 Å². The lowest BCUT2D eigenvalue weighted by Gasteiger charge is -2.11. The van der Waals surface area contributed by atoms with Gasteiger partial charge in [0.2, 0.25) is 0 Å². The van der Waals surface area contributed by atoms with E-state index in [-0.39, 0.29) is 11.5 Å². The number of aliphatic hydroxyl groups is 1. The van der Waals surface area contributed by atoms with Gasteiger partial charge in [0, 0.05) is 4.47 Å². The molecule has 2 aromatic rings. The fraction of sp³-hybridized carbons (Fsp3) is 0.0769. The Morgan fingerprint density at radius 1 is 1.20 bits per heavy atom. The first kappa shape index (κ1) is 15.3. The Morgan fingerprint density at radius 2 is 1.90 bits per heavy atom. The molecule has 0 aromatic heterocycles. The zero-order chi connectivity index (χ0) is 14.8. The molecule has 0 spiro atoms. The summed E-state index contributed by atoms with van der Waals surface area (Å²) in [5, 5.41) is 9.70. The normalized spacial score (nSPS) is 11.3. The molecule has 0 bridgehead atoms. The maximum atomic E-state index is 12.3. The lowest BCUT2D eigenvalue weighted by Crippen LogP contribution is -2.15. The average molecular weight is 377 g/mol. The van der Waals surface area contributed by atoms with Gasteiger partial charge in [-0.2, -0.15) is 0 Å². The van der Waals surface area contributed by atoms with E-state index in [9.17, 15) is 13.5 Å². The molecule has 0 aliphatic carbocycles. The Kier molecular flexibility index (Phi) is 4.70. The van der Waals surface area contributed by atoms with Gasteiger partial charge in [-0.1, -0.05) is 29.8 Å². The molecule has 0 radical (unpaired) electrons. The molecular weight excluding hydrogens is 366 g/mol.